The number of hydrogen-bond acceptors (Lipinski definition) is 5. The average molecular weight is 348 g/mol. The van der Waals surface area contributed by atoms with Gasteiger partial charge in [-0.15, -0.1) is 0 Å². The van der Waals surface area contributed by atoms with Crippen LogP contribution < -0.4 is 5.32 Å². The number of amides is 2. The lowest BCUT2D eigenvalue weighted by Gasteiger charge is -2.31. The summed E-state index contributed by atoms with van der Waals surface area (Å²) >= 11 is 0. The van der Waals surface area contributed by atoms with Crippen molar-refractivity contribution in [1.82, 2.24) is 10.2 Å². The summed E-state index contributed by atoms with van der Waals surface area (Å²) in [6.07, 6.45) is 1.47. The first-order valence-corrected chi connectivity index (χ1v) is 8.30. The maximum atomic E-state index is 12.5. The summed E-state index contributed by atoms with van der Waals surface area (Å²) < 4.78 is 9.55. The van der Waals surface area contributed by atoms with Crippen LogP contribution in [0.5, 0.6) is 0 Å². The molecule has 0 saturated carbocycles. The molecule has 1 fully saturated rings. The Hall–Kier alpha value is -2.57. The molecule has 1 N–H and O–H groups in total. The number of hydrogen-bond donors (Lipinski definition) is 1. The van der Waals surface area contributed by atoms with Gasteiger partial charge in [0.1, 0.15) is 6.04 Å². The Bertz CT molecular complexity index is 597. The van der Waals surface area contributed by atoms with Gasteiger partial charge < -0.3 is 19.7 Å². The molecule has 1 aromatic carbocycles. The van der Waals surface area contributed by atoms with E-state index in [1.165, 1.54) is 14.2 Å². The minimum Gasteiger partial charge on any atom is -0.469 e. The maximum absolute atomic E-state index is 12.5. The molecule has 1 saturated heterocycles. The van der Waals surface area contributed by atoms with E-state index in [9.17, 15) is 14.4 Å². The van der Waals surface area contributed by atoms with Gasteiger partial charge in [-0.25, -0.2) is 9.59 Å². The monoisotopic (exact) mass is 348 g/mol. The van der Waals surface area contributed by atoms with E-state index in [1.54, 1.807) is 4.90 Å². The number of esters is 2. The second-order valence-electron chi connectivity index (χ2n) is 6.00. The number of carbonyl (C=O) groups excluding carboxylic acids is 3. The van der Waals surface area contributed by atoms with Crippen molar-refractivity contribution in [2.45, 2.75) is 25.3 Å². The van der Waals surface area contributed by atoms with Crippen LogP contribution in [0, 0.1) is 5.92 Å². The second kappa shape index (κ2) is 9.05. The first kappa shape index (κ1) is 18.8. The third-order valence-electron chi connectivity index (χ3n) is 4.38. The zero-order valence-electron chi connectivity index (χ0n) is 14.6. The van der Waals surface area contributed by atoms with Gasteiger partial charge >= 0.3 is 18.0 Å². The minimum absolute atomic E-state index is 0.172. The number of piperidine rings is 1. The van der Waals surface area contributed by atoms with Crippen molar-refractivity contribution in [1.29, 1.82) is 0 Å². The summed E-state index contributed by atoms with van der Waals surface area (Å²) in [5, 5.41) is 2.74. The van der Waals surface area contributed by atoms with Crippen molar-refractivity contribution in [3.63, 3.8) is 0 Å². The number of carbonyl (C=O) groups is 3. The highest BCUT2D eigenvalue weighted by molar-refractivity contribution is 5.84. The largest absolute Gasteiger partial charge is 0.469 e. The lowest BCUT2D eigenvalue weighted by molar-refractivity contribution is -0.146. The van der Waals surface area contributed by atoms with Crippen molar-refractivity contribution in [3.05, 3.63) is 35.9 Å². The highest BCUT2D eigenvalue weighted by Crippen LogP contribution is 2.18. The topological polar surface area (TPSA) is 84.9 Å². The summed E-state index contributed by atoms with van der Waals surface area (Å²) in [4.78, 5) is 37.6. The second-order valence-corrected chi connectivity index (χ2v) is 6.00. The van der Waals surface area contributed by atoms with Crippen LogP contribution in [0.1, 0.15) is 18.4 Å². The van der Waals surface area contributed by atoms with E-state index < -0.39 is 12.0 Å². The number of urea groups is 1. The fourth-order valence-corrected chi connectivity index (χ4v) is 2.91. The molecule has 0 spiro atoms. The van der Waals surface area contributed by atoms with Gasteiger partial charge in [-0.2, -0.15) is 0 Å². The number of nitrogens with one attached hydrogen (secondary N) is 1. The van der Waals surface area contributed by atoms with Gasteiger partial charge in [-0.3, -0.25) is 4.79 Å². The molecule has 2 rings (SSSR count). The molecule has 1 aliphatic rings. The number of rotatable bonds is 5. The molecule has 1 aliphatic heterocycles. The molecular formula is C18H24N2O5. The predicted octanol–water partition coefficient (Wildman–Crippen LogP) is 1.37. The first-order chi connectivity index (χ1) is 12.0. The smallest absolute Gasteiger partial charge is 0.328 e. The van der Waals surface area contributed by atoms with E-state index in [-0.39, 0.29) is 17.9 Å². The molecule has 1 atom stereocenters. The summed E-state index contributed by atoms with van der Waals surface area (Å²) in [5.41, 5.74) is 0.933. The first-order valence-electron chi connectivity index (χ1n) is 8.30. The zero-order chi connectivity index (χ0) is 18.2. The molecule has 1 unspecified atom stereocenters. The van der Waals surface area contributed by atoms with Crippen LogP contribution in [0.3, 0.4) is 0 Å². The van der Waals surface area contributed by atoms with Gasteiger partial charge in [0.25, 0.3) is 0 Å². The van der Waals surface area contributed by atoms with Gasteiger partial charge in [0.05, 0.1) is 20.1 Å². The van der Waals surface area contributed by atoms with Gasteiger partial charge in [0.2, 0.25) is 0 Å². The van der Waals surface area contributed by atoms with Crippen LogP contribution >= 0.6 is 0 Å². The maximum Gasteiger partial charge on any atom is 0.328 e. The Balaban J connectivity index is 1.93. The molecule has 1 aromatic rings. The van der Waals surface area contributed by atoms with Crippen LogP contribution in [0.15, 0.2) is 30.3 Å². The molecule has 2 amide bonds. The van der Waals surface area contributed by atoms with E-state index in [2.05, 4.69) is 5.32 Å². The van der Waals surface area contributed by atoms with Gasteiger partial charge in [-0.1, -0.05) is 30.3 Å². The standard InChI is InChI=1S/C18H24N2O5/c1-24-16(21)14-8-10-20(11-9-14)18(23)19-15(17(22)25-2)12-13-6-4-3-5-7-13/h3-7,14-15H,8-12H2,1-2H3,(H,19,23). The molecule has 0 aliphatic carbocycles. The molecule has 1 heterocycles. The summed E-state index contributed by atoms with van der Waals surface area (Å²) in [6, 6.07) is 8.36. The van der Waals surface area contributed by atoms with Gasteiger partial charge in [0, 0.05) is 19.5 Å². The van der Waals surface area contributed by atoms with E-state index in [4.69, 9.17) is 9.47 Å². The van der Waals surface area contributed by atoms with Crippen molar-refractivity contribution in [2.24, 2.45) is 5.92 Å². The molecule has 136 valence electrons. The van der Waals surface area contributed by atoms with Crippen LogP contribution in [0.2, 0.25) is 0 Å². The summed E-state index contributed by atoms with van der Waals surface area (Å²) in [6.45, 7) is 0.898. The number of likely N-dealkylation sites (tertiary alicyclic amines) is 1. The number of methoxy groups -OCH3 is 2. The van der Waals surface area contributed by atoms with E-state index in [0.29, 0.717) is 32.4 Å². The lowest BCUT2D eigenvalue weighted by Crippen LogP contribution is -2.51. The van der Waals surface area contributed by atoms with Crippen molar-refractivity contribution in [3.8, 4) is 0 Å². The van der Waals surface area contributed by atoms with Crippen LogP contribution in [-0.2, 0) is 25.5 Å². The van der Waals surface area contributed by atoms with E-state index in [0.717, 1.165) is 5.56 Å². The summed E-state index contributed by atoms with van der Waals surface area (Å²) in [7, 11) is 2.67. The normalized spacial score (nSPS) is 16.0. The Morgan fingerprint density at radius 2 is 1.76 bits per heavy atom. The molecule has 25 heavy (non-hydrogen) atoms. The van der Waals surface area contributed by atoms with E-state index >= 15 is 0 Å². The molecule has 0 bridgehead atoms. The lowest BCUT2D eigenvalue weighted by atomic mass is 9.97. The highest BCUT2D eigenvalue weighted by Gasteiger charge is 2.30. The van der Waals surface area contributed by atoms with Crippen LogP contribution in [0.25, 0.3) is 0 Å². The summed E-state index contributed by atoms with van der Waals surface area (Å²) in [5.74, 6) is -0.895. The van der Waals surface area contributed by atoms with Crippen LogP contribution in [0.4, 0.5) is 4.79 Å². The Morgan fingerprint density at radius 3 is 2.32 bits per heavy atom. The number of ether oxygens (including phenoxy) is 2. The molecule has 7 heteroatoms. The number of benzene rings is 1. The molecular weight excluding hydrogens is 324 g/mol. The minimum atomic E-state index is -0.752. The highest BCUT2D eigenvalue weighted by atomic mass is 16.5. The Labute approximate surface area is 147 Å². The van der Waals surface area contributed by atoms with E-state index in [1.807, 2.05) is 30.3 Å². The fourth-order valence-electron chi connectivity index (χ4n) is 2.91. The average Bonchev–Trinajstić information content (AvgIpc) is 2.67. The number of nitrogens with zero attached hydrogens (tertiary/aromatic N) is 1. The quantitative estimate of drug-likeness (QED) is 0.812. The third-order valence-corrected chi connectivity index (χ3v) is 4.38. The Morgan fingerprint density at radius 1 is 1.12 bits per heavy atom. The molecule has 0 aromatic heterocycles. The van der Waals surface area contributed by atoms with Crippen molar-refractivity contribution >= 4 is 18.0 Å². The van der Waals surface area contributed by atoms with Gasteiger partial charge in [0.15, 0.2) is 0 Å². The molecule has 7 nitrogen and oxygen atoms in total. The molecule has 0 radical (unpaired) electrons. The SMILES string of the molecule is COC(=O)C1CCN(C(=O)NC(Cc2ccccc2)C(=O)OC)CC1. The van der Waals surface area contributed by atoms with Crippen molar-refractivity contribution in [2.75, 3.05) is 27.3 Å². The Kier molecular flexibility index (Phi) is 6.80. The van der Waals surface area contributed by atoms with Gasteiger partial charge in [-0.05, 0) is 18.4 Å². The van der Waals surface area contributed by atoms with Crippen LogP contribution in [-0.4, -0.2) is 56.2 Å². The zero-order valence-corrected chi connectivity index (χ0v) is 14.6. The third kappa shape index (κ3) is 5.20. The predicted molar refractivity (Wildman–Crippen MR) is 90.8 cm³/mol. The van der Waals surface area contributed by atoms with Crippen molar-refractivity contribution < 1.29 is 23.9 Å². The fraction of sp³-hybridized carbons (Fsp3) is 0.500.